The van der Waals surface area contributed by atoms with E-state index in [1.165, 1.54) is 11.3 Å². The SMILES string of the molecule is CCOC(=O)c1c(-c2ccc(Cl)cc2)csc1NC(=O)COC(=O)c1ccc(C)cc1. The number of amides is 1. The number of carbonyl (C=O) groups is 3. The lowest BCUT2D eigenvalue weighted by Crippen LogP contribution is -2.21. The minimum Gasteiger partial charge on any atom is -0.462 e. The average Bonchev–Trinajstić information content (AvgIpc) is 3.16. The summed E-state index contributed by atoms with van der Waals surface area (Å²) in [6, 6.07) is 13.8. The van der Waals surface area contributed by atoms with E-state index in [1.54, 1.807) is 60.8 Å². The highest BCUT2D eigenvalue weighted by molar-refractivity contribution is 7.15. The van der Waals surface area contributed by atoms with Crippen LogP contribution >= 0.6 is 22.9 Å². The van der Waals surface area contributed by atoms with E-state index in [-0.39, 0.29) is 12.2 Å². The Hall–Kier alpha value is -3.16. The smallest absolute Gasteiger partial charge is 0.341 e. The Morgan fingerprint density at radius 1 is 0.968 bits per heavy atom. The van der Waals surface area contributed by atoms with Gasteiger partial charge in [0.15, 0.2) is 6.61 Å². The summed E-state index contributed by atoms with van der Waals surface area (Å²) < 4.78 is 10.2. The molecule has 8 heteroatoms. The van der Waals surface area contributed by atoms with E-state index in [2.05, 4.69) is 5.32 Å². The number of rotatable bonds is 7. The van der Waals surface area contributed by atoms with Gasteiger partial charge in [-0.3, -0.25) is 4.79 Å². The molecule has 1 N–H and O–H groups in total. The lowest BCUT2D eigenvalue weighted by atomic mass is 10.0. The summed E-state index contributed by atoms with van der Waals surface area (Å²) in [5.41, 5.74) is 2.98. The van der Waals surface area contributed by atoms with Gasteiger partial charge in [0.2, 0.25) is 0 Å². The van der Waals surface area contributed by atoms with Crippen LogP contribution in [0.5, 0.6) is 0 Å². The van der Waals surface area contributed by atoms with Crippen LogP contribution in [0, 0.1) is 6.92 Å². The summed E-state index contributed by atoms with van der Waals surface area (Å²) in [6.45, 7) is 3.32. The van der Waals surface area contributed by atoms with Gasteiger partial charge in [-0.25, -0.2) is 9.59 Å². The molecule has 0 saturated heterocycles. The third kappa shape index (κ3) is 5.71. The molecule has 1 aromatic heterocycles. The fourth-order valence-electron chi connectivity index (χ4n) is 2.76. The van der Waals surface area contributed by atoms with Crippen LogP contribution in [0.1, 0.15) is 33.2 Å². The van der Waals surface area contributed by atoms with Crippen molar-refractivity contribution in [2.45, 2.75) is 13.8 Å². The molecule has 0 aliphatic heterocycles. The van der Waals surface area contributed by atoms with E-state index in [1.807, 2.05) is 6.92 Å². The first kappa shape index (κ1) is 22.5. The number of esters is 2. The van der Waals surface area contributed by atoms with Gasteiger partial charge in [0, 0.05) is 16.0 Å². The number of hydrogen-bond acceptors (Lipinski definition) is 6. The predicted octanol–water partition coefficient (Wildman–Crippen LogP) is 5.35. The maximum Gasteiger partial charge on any atom is 0.341 e. The van der Waals surface area contributed by atoms with E-state index < -0.39 is 24.5 Å². The number of nitrogens with one attached hydrogen (secondary N) is 1. The summed E-state index contributed by atoms with van der Waals surface area (Å²) >= 11 is 7.13. The highest BCUT2D eigenvalue weighted by Gasteiger charge is 2.23. The molecule has 2 aromatic carbocycles. The molecule has 0 bridgehead atoms. The molecule has 0 spiro atoms. The second-order valence-corrected chi connectivity index (χ2v) is 7.89. The first-order valence-corrected chi connectivity index (χ1v) is 10.7. The Balaban J connectivity index is 1.74. The Kier molecular flexibility index (Phi) is 7.44. The lowest BCUT2D eigenvalue weighted by molar-refractivity contribution is -0.119. The minimum atomic E-state index is -0.603. The molecule has 0 atom stereocenters. The standard InChI is InChI=1S/C23H20ClNO5S/c1-3-29-23(28)20-18(15-8-10-17(24)11-9-15)13-31-21(20)25-19(26)12-30-22(27)16-6-4-14(2)5-7-16/h4-11,13H,3,12H2,1-2H3,(H,25,26). The van der Waals surface area contributed by atoms with Crippen LogP contribution in [0.25, 0.3) is 11.1 Å². The molecule has 1 amide bonds. The second kappa shape index (κ2) is 10.2. The van der Waals surface area contributed by atoms with Crippen molar-refractivity contribution < 1.29 is 23.9 Å². The normalized spacial score (nSPS) is 10.4. The molecule has 0 unspecified atom stereocenters. The second-order valence-electron chi connectivity index (χ2n) is 6.57. The molecule has 0 fully saturated rings. The zero-order chi connectivity index (χ0) is 22.4. The third-order valence-electron chi connectivity index (χ3n) is 4.30. The van der Waals surface area contributed by atoms with Crippen molar-refractivity contribution in [2.24, 2.45) is 0 Å². The Bertz CT molecular complexity index is 1090. The van der Waals surface area contributed by atoms with Gasteiger partial charge in [-0.05, 0) is 43.7 Å². The Morgan fingerprint density at radius 3 is 2.29 bits per heavy atom. The van der Waals surface area contributed by atoms with Crippen molar-refractivity contribution in [3.05, 3.63) is 75.6 Å². The number of carbonyl (C=O) groups excluding carboxylic acids is 3. The molecule has 0 saturated carbocycles. The van der Waals surface area contributed by atoms with E-state index in [4.69, 9.17) is 21.1 Å². The highest BCUT2D eigenvalue weighted by atomic mass is 35.5. The van der Waals surface area contributed by atoms with Gasteiger partial charge >= 0.3 is 11.9 Å². The van der Waals surface area contributed by atoms with Crippen LogP contribution in [0.3, 0.4) is 0 Å². The van der Waals surface area contributed by atoms with Gasteiger partial charge in [0.25, 0.3) is 5.91 Å². The molecule has 3 rings (SSSR count). The number of thiophene rings is 1. The zero-order valence-corrected chi connectivity index (χ0v) is 18.5. The summed E-state index contributed by atoms with van der Waals surface area (Å²) in [5.74, 6) is -1.72. The van der Waals surface area contributed by atoms with Crippen molar-refractivity contribution in [3.8, 4) is 11.1 Å². The van der Waals surface area contributed by atoms with Crippen molar-refractivity contribution in [1.29, 1.82) is 0 Å². The predicted molar refractivity (Wildman–Crippen MR) is 121 cm³/mol. The van der Waals surface area contributed by atoms with Crippen molar-refractivity contribution in [1.82, 2.24) is 0 Å². The summed E-state index contributed by atoms with van der Waals surface area (Å²) in [4.78, 5) is 37.0. The van der Waals surface area contributed by atoms with Crippen LogP contribution in [0.2, 0.25) is 5.02 Å². The third-order valence-corrected chi connectivity index (χ3v) is 5.45. The Labute approximate surface area is 188 Å². The summed E-state index contributed by atoms with van der Waals surface area (Å²) in [5, 5.41) is 5.29. The molecule has 0 aliphatic rings. The van der Waals surface area contributed by atoms with Crippen molar-refractivity contribution >= 4 is 45.8 Å². The lowest BCUT2D eigenvalue weighted by Gasteiger charge is -2.09. The molecule has 0 radical (unpaired) electrons. The zero-order valence-electron chi connectivity index (χ0n) is 16.9. The van der Waals surface area contributed by atoms with Crippen LogP contribution in [-0.4, -0.2) is 31.1 Å². The van der Waals surface area contributed by atoms with Gasteiger partial charge in [-0.2, -0.15) is 0 Å². The van der Waals surface area contributed by atoms with Crippen molar-refractivity contribution in [2.75, 3.05) is 18.5 Å². The maximum absolute atomic E-state index is 12.6. The monoisotopic (exact) mass is 457 g/mol. The van der Waals surface area contributed by atoms with E-state index in [9.17, 15) is 14.4 Å². The number of hydrogen-bond donors (Lipinski definition) is 1. The molecule has 3 aromatic rings. The van der Waals surface area contributed by atoms with Crippen LogP contribution in [0.4, 0.5) is 5.00 Å². The maximum atomic E-state index is 12.6. The minimum absolute atomic E-state index is 0.191. The van der Waals surface area contributed by atoms with Crippen LogP contribution in [0.15, 0.2) is 53.9 Å². The van der Waals surface area contributed by atoms with E-state index in [0.29, 0.717) is 21.2 Å². The molecule has 6 nitrogen and oxygen atoms in total. The van der Waals surface area contributed by atoms with Crippen LogP contribution < -0.4 is 5.32 Å². The number of aryl methyl sites for hydroxylation is 1. The molecule has 31 heavy (non-hydrogen) atoms. The highest BCUT2D eigenvalue weighted by Crippen LogP contribution is 2.36. The van der Waals surface area contributed by atoms with Gasteiger partial charge in [0.05, 0.1) is 12.2 Å². The van der Waals surface area contributed by atoms with Gasteiger partial charge in [-0.15, -0.1) is 11.3 Å². The average molecular weight is 458 g/mol. The van der Waals surface area contributed by atoms with Crippen LogP contribution in [-0.2, 0) is 14.3 Å². The fourth-order valence-corrected chi connectivity index (χ4v) is 3.86. The fraction of sp³-hybridized carbons (Fsp3) is 0.174. The Morgan fingerprint density at radius 2 is 1.65 bits per heavy atom. The molecular formula is C23H20ClNO5S. The number of benzene rings is 2. The topological polar surface area (TPSA) is 81.7 Å². The quantitative estimate of drug-likeness (QED) is 0.483. The van der Waals surface area contributed by atoms with Crippen molar-refractivity contribution in [3.63, 3.8) is 0 Å². The largest absolute Gasteiger partial charge is 0.462 e. The van der Waals surface area contributed by atoms with Gasteiger partial charge < -0.3 is 14.8 Å². The molecular weight excluding hydrogens is 438 g/mol. The van der Waals surface area contributed by atoms with E-state index in [0.717, 1.165) is 11.1 Å². The molecule has 0 aliphatic carbocycles. The number of ether oxygens (including phenoxy) is 2. The van der Waals surface area contributed by atoms with E-state index >= 15 is 0 Å². The summed E-state index contributed by atoms with van der Waals surface area (Å²) in [6.07, 6.45) is 0. The van der Waals surface area contributed by atoms with Gasteiger partial charge in [0.1, 0.15) is 10.6 Å². The first-order chi connectivity index (χ1) is 14.9. The van der Waals surface area contributed by atoms with Gasteiger partial charge in [-0.1, -0.05) is 41.4 Å². The first-order valence-electron chi connectivity index (χ1n) is 9.47. The number of anilines is 1. The number of halogens is 1. The molecule has 1 heterocycles. The summed E-state index contributed by atoms with van der Waals surface area (Å²) in [7, 11) is 0. The molecule has 160 valence electrons.